The molecule has 0 spiro atoms. The number of benzene rings is 1. The van der Waals surface area contributed by atoms with Gasteiger partial charge in [-0.3, -0.25) is 0 Å². The molecule has 130 valence electrons. The monoisotopic (exact) mass is 345 g/mol. The van der Waals surface area contributed by atoms with E-state index in [9.17, 15) is 9.18 Å². The highest BCUT2D eigenvalue weighted by Crippen LogP contribution is 2.26. The van der Waals surface area contributed by atoms with Gasteiger partial charge in [-0.25, -0.2) is 14.3 Å². The van der Waals surface area contributed by atoms with Gasteiger partial charge < -0.3 is 14.6 Å². The fraction of sp³-hybridized carbons (Fsp3) is 0.353. The highest BCUT2D eigenvalue weighted by molar-refractivity contribution is 5.87. The van der Waals surface area contributed by atoms with E-state index >= 15 is 0 Å². The van der Waals surface area contributed by atoms with Crippen LogP contribution in [0.1, 0.15) is 34.5 Å². The number of aromatic nitrogens is 3. The first-order chi connectivity index (χ1) is 12.0. The molecule has 2 heterocycles. The molecule has 1 aliphatic heterocycles. The summed E-state index contributed by atoms with van der Waals surface area (Å²) in [7, 11) is 0. The number of H-pyrrole nitrogens is 1. The molecule has 1 aromatic heterocycles. The summed E-state index contributed by atoms with van der Waals surface area (Å²) in [6.45, 7) is 2.99. The number of carboxylic acid groups (broad SMARTS) is 1. The van der Waals surface area contributed by atoms with Gasteiger partial charge in [-0.15, -0.1) is 5.10 Å². The second-order valence-electron chi connectivity index (χ2n) is 5.63. The Balaban J connectivity index is 1.86. The zero-order valence-electron chi connectivity index (χ0n) is 13.5. The van der Waals surface area contributed by atoms with E-state index in [1.54, 1.807) is 13.0 Å². The number of carboxylic acids is 1. The standard InChI is InChI=1S/C17H16FN3O4/c1-10-12(3-2-11-4-6-24-7-5-11)8-13(9-14(10)18)25-16-15(17(22)23)19-21-20-16/h8-9,11H,4-7H2,1H3,(H,22,23)(H,19,20,21). The Labute approximate surface area is 143 Å². The van der Waals surface area contributed by atoms with Crippen molar-refractivity contribution in [3.05, 3.63) is 34.8 Å². The average Bonchev–Trinajstić information content (AvgIpc) is 3.06. The maximum Gasteiger partial charge on any atom is 0.362 e. The van der Waals surface area contributed by atoms with E-state index in [4.69, 9.17) is 14.6 Å². The van der Waals surface area contributed by atoms with Crippen molar-refractivity contribution >= 4 is 5.97 Å². The number of hydrogen-bond acceptors (Lipinski definition) is 5. The normalized spacial score (nSPS) is 14.6. The van der Waals surface area contributed by atoms with Crippen LogP contribution >= 0.6 is 0 Å². The quantitative estimate of drug-likeness (QED) is 0.830. The summed E-state index contributed by atoms with van der Waals surface area (Å²) in [5.74, 6) is 4.53. The molecule has 1 aliphatic rings. The van der Waals surface area contributed by atoms with E-state index < -0.39 is 11.8 Å². The van der Waals surface area contributed by atoms with Crippen LogP contribution in [0.5, 0.6) is 11.6 Å². The van der Waals surface area contributed by atoms with Crippen LogP contribution in [0.2, 0.25) is 0 Å². The number of carbonyl (C=O) groups is 1. The number of ether oxygens (including phenoxy) is 2. The van der Waals surface area contributed by atoms with Crippen LogP contribution < -0.4 is 4.74 Å². The highest BCUT2D eigenvalue weighted by atomic mass is 19.1. The van der Waals surface area contributed by atoms with Crippen LogP contribution in [-0.2, 0) is 4.74 Å². The lowest BCUT2D eigenvalue weighted by molar-refractivity contribution is 0.0687. The lowest BCUT2D eigenvalue weighted by Gasteiger charge is -2.16. The molecular formula is C17H16FN3O4. The maximum atomic E-state index is 14.2. The van der Waals surface area contributed by atoms with Crippen LogP contribution in [0.15, 0.2) is 12.1 Å². The fourth-order valence-corrected chi connectivity index (χ4v) is 2.41. The molecule has 25 heavy (non-hydrogen) atoms. The lowest BCUT2D eigenvalue weighted by atomic mass is 10.00. The molecule has 0 radical (unpaired) electrons. The first-order valence-electron chi connectivity index (χ1n) is 7.76. The number of halogens is 1. The predicted octanol–water partition coefficient (Wildman–Crippen LogP) is 2.52. The van der Waals surface area contributed by atoms with Gasteiger partial charge in [-0.05, 0) is 25.8 Å². The zero-order chi connectivity index (χ0) is 17.8. The molecule has 0 aliphatic carbocycles. The van der Waals surface area contributed by atoms with Crippen LogP contribution in [0.25, 0.3) is 0 Å². The third-order valence-corrected chi connectivity index (χ3v) is 3.89. The van der Waals surface area contributed by atoms with Crippen molar-refractivity contribution < 1.29 is 23.8 Å². The van der Waals surface area contributed by atoms with E-state index in [1.165, 1.54) is 6.07 Å². The van der Waals surface area contributed by atoms with Gasteiger partial charge in [0.15, 0.2) is 0 Å². The summed E-state index contributed by atoms with van der Waals surface area (Å²) in [4.78, 5) is 11.0. The van der Waals surface area contributed by atoms with Crippen molar-refractivity contribution in [3.63, 3.8) is 0 Å². The first-order valence-corrected chi connectivity index (χ1v) is 7.76. The topological polar surface area (TPSA) is 97.3 Å². The Morgan fingerprint density at radius 3 is 2.92 bits per heavy atom. The largest absolute Gasteiger partial charge is 0.476 e. The average molecular weight is 345 g/mol. The van der Waals surface area contributed by atoms with Crippen LogP contribution in [0, 0.1) is 30.5 Å². The summed E-state index contributed by atoms with van der Waals surface area (Å²) >= 11 is 0. The predicted molar refractivity (Wildman–Crippen MR) is 85.0 cm³/mol. The van der Waals surface area contributed by atoms with Gasteiger partial charge in [0.2, 0.25) is 5.69 Å². The number of rotatable bonds is 3. The Morgan fingerprint density at radius 2 is 2.20 bits per heavy atom. The van der Waals surface area contributed by atoms with Crippen LogP contribution in [-0.4, -0.2) is 39.7 Å². The Morgan fingerprint density at radius 1 is 1.44 bits per heavy atom. The molecule has 2 aromatic rings. The van der Waals surface area contributed by atoms with Gasteiger partial charge >= 0.3 is 5.97 Å². The molecule has 1 saturated heterocycles. The van der Waals surface area contributed by atoms with E-state index in [1.807, 2.05) is 0 Å². The SMILES string of the molecule is Cc1c(F)cc(Oc2[nH]nnc2C(=O)O)cc1C#CC1CCOCC1. The molecule has 7 nitrogen and oxygen atoms in total. The number of nitrogens with one attached hydrogen (secondary N) is 1. The molecule has 8 heteroatoms. The minimum Gasteiger partial charge on any atom is -0.476 e. The highest BCUT2D eigenvalue weighted by Gasteiger charge is 2.18. The van der Waals surface area contributed by atoms with Crippen molar-refractivity contribution in [1.29, 1.82) is 0 Å². The summed E-state index contributed by atoms with van der Waals surface area (Å²) in [6, 6.07) is 2.73. The molecule has 3 rings (SSSR count). The molecule has 0 unspecified atom stereocenters. The van der Waals surface area contributed by atoms with Gasteiger partial charge in [-0.1, -0.05) is 17.1 Å². The van der Waals surface area contributed by atoms with E-state index in [0.717, 1.165) is 12.8 Å². The molecule has 0 amide bonds. The van der Waals surface area contributed by atoms with Crippen molar-refractivity contribution in [2.24, 2.45) is 5.92 Å². The molecule has 1 fully saturated rings. The lowest BCUT2D eigenvalue weighted by Crippen LogP contribution is -2.13. The van der Waals surface area contributed by atoms with Gasteiger partial charge in [0.05, 0.1) is 0 Å². The minimum atomic E-state index is -1.30. The Hall–Kier alpha value is -2.92. The number of aromatic amines is 1. The van der Waals surface area contributed by atoms with E-state index in [-0.39, 0.29) is 23.2 Å². The van der Waals surface area contributed by atoms with Crippen molar-refractivity contribution in [1.82, 2.24) is 15.4 Å². The maximum absolute atomic E-state index is 14.2. The van der Waals surface area contributed by atoms with E-state index in [0.29, 0.717) is 24.3 Å². The van der Waals surface area contributed by atoms with Crippen molar-refractivity contribution in [3.8, 4) is 23.5 Å². The Kier molecular flexibility index (Phi) is 4.95. The van der Waals surface area contributed by atoms with Gasteiger partial charge in [0.25, 0.3) is 5.88 Å². The molecule has 2 N–H and O–H groups in total. The van der Waals surface area contributed by atoms with Crippen molar-refractivity contribution in [2.75, 3.05) is 13.2 Å². The summed E-state index contributed by atoms with van der Waals surface area (Å²) < 4.78 is 24.8. The number of aromatic carboxylic acids is 1. The summed E-state index contributed by atoms with van der Waals surface area (Å²) in [5.41, 5.74) is 0.523. The number of hydrogen-bond donors (Lipinski definition) is 2. The number of nitrogens with zero attached hydrogens (tertiary/aromatic N) is 2. The summed E-state index contributed by atoms with van der Waals surface area (Å²) in [6.07, 6.45) is 1.71. The van der Waals surface area contributed by atoms with Gasteiger partial charge in [-0.2, -0.15) is 0 Å². The Bertz CT molecular complexity index is 847. The second-order valence-corrected chi connectivity index (χ2v) is 5.63. The van der Waals surface area contributed by atoms with Gasteiger partial charge in [0, 0.05) is 36.3 Å². The fourth-order valence-electron chi connectivity index (χ4n) is 2.41. The molecule has 0 atom stereocenters. The van der Waals surface area contributed by atoms with Crippen LogP contribution in [0.3, 0.4) is 0 Å². The minimum absolute atomic E-state index is 0.118. The molecule has 0 saturated carbocycles. The third-order valence-electron chi connectivity index (χ3n) is 3.89. The summed E-state index contributed by atoms with van der Waals surface area (Å²) in [5, 5.41) is 18.1. The smallest absolute Gasteiger partial charge is 0.362 e. The molecular weight excluding hydrogens is 329 g/mol. The molecule has 0 bridgehead atoms. The van der Waals surface area contributed by atoms with Crippen LogP contribution in [0.4, 0.5) is 4.39 Å². The zero-order valence-corrected chi connectivity index (χ0v) is 13.5. The van der Waals surface area contributed by atoms with Gasteiger partial charge in [0.1, 0.15) is 11.6 Å². The molecule has 1 aromatic carbocycles. The van der Waals surface area contributed by atoms with Crippen molar-refractivity contribution in [2.45, 2.75) is 19.8 Å². The van der Waals surface area contributed by atoms with E-state index in [2.05, 4.69) is 27.3 Å². The third kappa shape index (κ3) is 3.95. The second kappa shape index (κ2) is 7.32. The first kappa shape index (κ1) is 16.9.